The molecule has 0 aliphatic heterocycles. The van der Waals surface area contributed by atoms with E-state index in [1.165, 1.54) is 24.3 Å². The zero-order valence-corrected chi connectivity index (χ0v) is 14.6. The summed E-state index contributed by atoms with van der Waals surface area (Å²) < 4.78 is 46.3. The molecule has 0 N–H and O–H groups in total. The van der Waals surface area contributed by atoms with E-state index in [9.17, 15) is 18.0 Å². The van der Waals surface area contributed by atoms with E-state index in [0.29, 0.717) is 5.56 Å². The van der Waals surface area contributed by atoms with Gasteiger partial charge in [-0.1, -0.05) is 48.0 Å². The Labute approximate surface area is 155 Å². The minimum atomic E-state index is -1.26. The number of alkyl halides is 1. The van der Waals surface area contributed by atoms with Gasteiger partial charge in [0.1, 0.15) is 5.75 Å². The van der Waals surface area contributed by atoms with Crippen LogP contribution in [0.2, 0.25) is 0 Å². The highest BCUT2D eigenvalue weighted by molar-refractivity contribution is 5.92. The van der Waals surface area contributed by atoms with E-state index in [1.54, 1.807) is 36.4 Å². The van der Waals surface area contributed by atoms with Gasteiger partial charge in [0.2, 0.25) is 0 Å². The molecule has 5 heteroatoms. The molecule has 0 saturated carbocycles. The number of benzene rings is 3. The first kappa shape index (κ1) is 18.7. The van der Waals surface area contributed by atoms with Gasteiger partial charge in [0.05, 0.1) is 12.2 Å². The number of rotatable bonds is 5. The van der Waals surface area contributed by atoms with Crippen LogP contribution in [0, 0.1) is 18.6 Å². The van der Waals surface area contributed by atoms with Crippen molar-refractivity contribution in [3.8, 4) is 16.9 Å². The number of ether oxygens (including phenoxy) is 1. The van der Waals surface area contributed by atoms with Gasteiger partial charge in [0, 0.05) is 12.0 Å². The maximum Gasteiger partial charge on any atom is 0.346 e. The van der Waals surface area contributed by atoms with Crippen LogP contribution >= 0.6 is 0 Å². The molecule has 0 radical (unpaired) electrons. The van der Waals surface area contributed by atoms with Crippen LogP contribution in [0.15, 0.2) is 60.7 Å². The Balaban J connectivity index is 1.83. The molecule has 0 spiro atoms. The first-order chi connectivity index (χ1) is 13.0. The summed E-state index contributed by atoms with van der Waals surface area (Å²) in [7, 11) is 0. The second-order valence-corrected chi connectivity index (χ2v) is 6.13. The Bertz CT molecular complexity index is 949. The van der Waals surface area contributed by atoms with Crippen molar-refractivity contribution < 1.29 is 22.7 Å². The van der Waals surface area contributed by atoms with Crippen LogP contribution in [0.4, 0.5) is 13.2 Å². The average Bonchev–Trinajstić information content (AvgIpc) is 2.66. The highest BCUT2D eigenvalue weighted by Crippen LogP contribution is 2.27. The number of hydrogen-bond donors (Lipinski definition) is 0. The number of esters is 1. The molecule has 138 valence electrons. The van der Waals surface area contributed by atoms with Crippen LogP contribution in [0.1, 0.15) is 21.5 Å². The third kappa shape index (κ3) is 4.19. The van der Waals surface area contributed by atoms with Crippen molar-refractivity contribution in [2.24, 2.45) is 0 Å². The third-order valence-electron chi connectivity index (χ3n) is 4.18. The molecule has 0 bridgehead atoms. The van der Waals surface area contributed by atoms with Gasteiger partial charge in [0.15, 0.2) is 11.6 Å². The summed E-state index contributed by atoms with van der Waals surface area (Å²) in [5.74, 6) is -3.19. The van der Waals surface area contributed by atoms with E-state index in [4.69, 9.17) is 4.74 Å². The number of halogens is 3. The molecule has 0 aliphatic carbocycles. The lowest BCUT2D eigenvalue weighted by Crippen LogP contribution is -2.12. The fourth-order valence-electron chi connectivity index (χ4n) is 2.66. The van der Waals surface area contributed by atoms with E-state index in [0.717, 1.165) is 11.1 Å². The monoisotopic (exact) mass is 370 g/mol. The molecule has 3 rings (SSSR count). The van der Waals surface area contributed by atoms with Crippen LogP contribution in [-0.4, -0.2) is 12.6 Å². The van der Waals surface area contributed by atoms with Crippen molar-refractivity contribution in [3.63, 3.8) is 0 Å². The summed E-state index contributed by atoms with van der Waals surface area (Å²) in [5, 5.41) is 0. The first-order valence-corrected chi connectivity index (χ1v) is 8.41. The molecule has 0 aromatic heterocycles. The lowest BCUT2D eigenvalue weighted by molar-refractivity contribution is 0.0728. The smallest absolute Gasteiger partial charge is 0.346 e. The van der Waals surface area contributed by atoms with E-state index in [2.05, 4.69) is 0 Å². The first-order valence-electron chi connectivity index (χ1n) is 8.41. The predicted octanol–water partition coefficient (Wildman–Crippen LogP) is 5.67. The normalized spacial score (nSPS) is 10.7. The van der Waals surface area contributed by atoms with E-state index in [-0.39, 0.29) is 17.7 Å². The molecule has 0 atom stereocenters. The quantitative estimate of drug-likeness (QED) is 0.427. The maximum atomic E-state index is 14.5. The Morgan fingerprint density at radius 2 is 1.56 bits per heavy atom. The van der Waals surface area contributed by atoms with Crippen LogP contribution in [0.5, 0.6) is 5.75 Å². The summed E-state index contributed by atoms with van der Waals surface area (Å²) in [6, 6.07) is 15.7. The highest BCUT2D eigenvalue weighted by Gasteiger charge is 2.21. The fourth-order valence-corrected chi connectivity index (χ4v) is 2.66. The van der Waals surface area contributed by atoms with Crippen LogP contribution in [-0.2, 0) is 6.42 Å². The van der Waals surface area contributed by atoms with Crippen molar-refractivity contribution in [1.82, 2.24) is 0 Å². The van der Waals surface area contributed by atoms with Crippen molar-refractivity contribution in [2.75, 3.05) is 6.67 Å². The van der Waals surface area contributed by atoms with Gasteiger partial charge in [-0.3, -0.25) is 4.39 Å². The molecular formula is C22H17F3O2. The Hall–Kier alpha value is -3.08. The molecule has 0 saturated heterocycles. The number of carbonyl (C=O) groups excluding carboxylic acids is 1. The predicted molar refractivity (Wildman–Crippen MR) is 97.6 cm³/mol. The molecule has 2 nitrogen and oxygen atoms in total. The summed E-state index contributed by atoms with van der Waals surface area (Å²) >= 11 is 0. The standard InChI is InChI=1S/C22H17F3O2/c1-14-2-6-16(7-3-14)18-10-11-19(21(25)20(18)24)22(26)27-17-8-4-15(5-9-17)12-13-23/h2-11H,12-13H2,1H3. The second kappa shape index (κ2) is 8.08. The molecule has 3 aromatic rings. The van der Waals surface area contributed by atoms with Crippen molar-refractivity contribution in [2.45, 2.75) is 13.3 Å². The zero-order chi connectivity index (χ0) is 19.4. The molecule has 0 unspecified atom stereocenters. The fraction of sp³-hybridized carbons (Fsp3) is 0.136. The summed E-state index contributed by atoms with van der Waals surface area (Å²) in [6.07, 6.45) is 0.258. The lowest BCUT2D eigenvalue weighted by atomic mass is 10.0. The van der Waals surface area contributed by atoms with Gasteiger partial charge >= 0.3 is 5.97 Å². The van der Waals surface area contributed by atoms with E-state index >= 15 is 0 Å². The van der Waals surface area contributed by atoms with Gasteiger partial charge < -0.3 is 4.74 Å². The Morgan fingerprint density at radius 1 is 0.889 bits per heavy atom. The van der Waals surface area contributed by atoms with Gasteiger partial charge in [-0.15, -0.1) is 0 Å². The lowest BCUT2D eigenvalue weighted by Gasteiger charge is -2.09. The minimum absolute atomic E-state index is 0.0691. The topological polar surface area (TPSA) is 26.3 Å². The van der Waals surface area contributed by atoms with Crippen molar-refractivity contribution in [3.05, 3.63) is 89.0 Å². The van der Waals surface area contributed by atoms with E-state index in [1.807, 2.05) is 6.92 Å². The zero-order valence-electron chi connectivity index (χ0n) is 14.6. The molecular weight excluding hydrogens is 353 g/mol. The molecule has 0 amide bonds. The maximum absolute atomic E-state index is 14.5. The number of aryl methyl sites for hydroxylation is 2. The summed E-state index contributed by atoms with van der Waals surface area (Å²) in [6.45, 7) is 1.40. The molecule has 0 fully saturated rings. The number of hydrogen-bond acceptors (Lipinski definition) is 2. The molecule has 0 heterocycles. The molecule has 3 aromatic carbocycles. The molecule has 27 heavy (non-hydrogen) atoms. The van der Waals surface area contributed by atoms with Gasteiger partial charge in [-0.2, -0.15) is 0 Å². The second-order valence-electron chi connectivity index (χ2n) is 6.13. The Kier molecular flexibility index (Phi) is 5.60. The summed E-state index contributed by atoms with van der Waals surface area (Å²) in [4.78, 5) is 12.2. The molecule has 0 aliphatic rings. The minimum Gasteiger partial charge on any atom is -0.423 e. The number of carbonyl (C=O) groups is 1. The van der Waals surface area contributed by atoms with Crippen molar-refractivity contribution >= 4 is 5.97 Å². The van der Waals surface area contributed by atoms with E-state index < -0.39 is 29.8 Å². The largest absolute Gasteiger partial charge is 0.423 e. The van der Waals surface area contributed by atoms with Gasteiger partial charge in [-0.25, -0.2) is 13.6 Å². The van der Waals surface area contributed by atoms with Crippen LogP contribution in [0.3, 0.4) is 0 Å². The summed E-state index contributed by atoms with van der Waals surface area (Å²) in [5.41, 5.74) is 1.84. The van der Waals surface area contributed by atoms with Gasteiger partial charge in [-0.05, 0) is 36.2 Å². The third-order valence-corrected chi connectivity index (χ3v) is 4.18. The van der Waals surface area contributed by atoms with Crippen molar-refractivity contribution in [1.29, 1.82) is 0 Å². The van der Waals surface area contributed by atoms with Gasteiger partial charge in [0.25, 0.3) is 0 Å². The average molecular weight is 370 g/mol. The SMILES string of the molecule is Cc1ccc(-c2ccc(C(=O)Oc3ccc(CCF)cc3)c(F)c2F)cc1. The Morgan fingerprint density at radius 3 is 2.19 bits per heavy atom. The van der Waals surface area contributed by atoms with Crippen LogP contribution in [0.25, 0.3) is 11.1 Å². The van der Waals surface area contributed by atoms with Crippen LogP contribution < -0.4 is 4.74 Å². The highest BCUT2D eigenvalue weighted by atomic mass is 19.2.